The van der Waals surface area contributed by atoms with Crippen LogP contribution in [-0.4, -0.2) is 0 Å². The van der Waals surface area contributed by atoms with Crippen LogP contribution < -0.4 is 0 Å². The molecular weight excluding hydrogens is 332 g/mol. The van der Waals surface area contributed by atoms with Gasteiger partial charge in [0, 0.05) is 0 Å². The lowest BCUT2D eigenvalue weighted by Gasteiger charge is -1.75. The molecule has 0 aliphatic rings. The van der Waals surface area contributed by atoms with Crippen molar-refractivity contribution in [3.8, 4) is 0 Å². The highest BCUT2D eigenvalue weighted by Crippen LogP contribution is 2.20. The third-order valence-corrected chi connectivity index (χ3v) is 2.57. The summed E-state index contributed by atoms with van der Waals surface area (Å²) in [5, 5.41) is 0. The first kappa shape index (κ1) is 16.2. The lowest BCUT2D eigenvalue weighted by Crippen LogP contribution is -1.47. The Morgan fingerprint density at radius 2 is 0.417 bits per heavy atom. The van der Waals surface area contributed by atoms with E-state index in [4.69, 9.17) is 92.8 Å². The maximum absolute atomic E-state index is 4.99. The van der Waals surface area contributed by atoms with E-state index in [-0.39, 0.29) is 18.0 Å². The van der Waals surface area contributed by atoms with E-state index in [2.05, 4.69) is 0 Å². The van der Waals surface area contributed by atoms with Crippen LogP contribution in [0, 0.1) is 0 Å². The van der Waals surface area contributed by atoms with Crippen molar-refractivity contribution in [2.75, 3.05) is 0 Å². The van der Waals surface area contributed by atoms with Crippen LogP contribution >= 0.6 is 92.8 Å². The molecule has 0 fully saturated rings. The predicted octanol–water partition coefficient (Wildman–Crippen LogP) is 6.14. The quantitative estimate of drug-likeness (QED) is 0.500. The van der Waals surface area contributed by atoms with Crippen molar-refractivity contribution in [2.24, 2.45) is 0 Å². The summed E-state index contributed by atoms with van der Waals surface area (Å²) in [7, 11) is 0. The first-order valence-electron chi connectivity index (χ1n) is 2.01. The first-order chi connectivity index (χ1) is 5.29. The van der Waals surface area contributed by atoms with Gasteiger partial charge >= 0.3 is 0 Å². The van der Waals surface area contributed by atoms with E-state index in [1.54, 1.807) is 0 Å². The number of rotatable bonds is 0. The van der Waals surface area contributed by atoms with Gasteiger partial charge in [-0.25, -0.2) is 0 Å². The molecule has 8 heteroatoms. The Hall–Kier alpha value is 1.80. The van der Waals surface area contributed by atoms with Crippen molar-refractivity contribution in [1.29, 1.82) is 0 Å². The number of halogens is 8. The molecule has 0 aromatic heterocycles. The summed E-state index contributed by atoms with van der Waals surface area (Å²) in [6.07, 6.45) is 0. The Balaban J connectivity index is 0. The van der Waals surface area contributed by atoms with Gasteiger partial charge in [0.1, 0.15) is 18.0 Å². The van der Waals surface area contributed by atoms with Crippen molar-refractivity contribution >= 4 is 92.8 Å². The second-order valence-corrected chi connectivity index (χ2v) is 4.84. The summed E-state index contributed by atoms with van der Waals surface area (Å²) >= 11 is 40.0. The molecule has 0 amide bonds. The minimum atomic E-state index is -0.0988. The van der Waals surface area contributed by atoms with Crippen molar-refractivity contribution in [3.63, 3.8) is 0 Å². The van der Waals surface area contributed by atoms with Gasteiger partial charge in [-0.1, -0.05) is 92.8 Å². The third kappa shape index (κ3) is 14.3. The summed E-state index contributed by atoms with van der Waals surface area (Å²) in [6, 6.07) is 0. The highest BCUT2D eigenvalue weighted by Gasteiger charge is 1.88. The van der Waals surface area contributed by atoms with E-state index in [1.807, 2.05) is 0 Å². The average molecular weight is 332 g/mol. The lowest BCUT2D eigenvalue weighted by atomic mass is 11.2. The summed E-state index contributed by atoms with van der Waals surface area (Å²) < 4.78 is -0.395. The van der Waals surface area contributed by atoms with Crippen molar-refractivity contribution in [1.82, 2.24) is 0 Å². The molecule has 12 heavy (non-hydrogen) atoms. The standard InChI is InChI=1S/2C2Cl4/c2*3-1(4)2(5)6. The maximum Gasteiger partial charge on any atom is 0.136 e. The van der Waals surface area contributed by atoms with E-state index >= 15 is 0 Å². The summed E-state index contributed by atoms with van der Waals surface area (Å²) in [6.45, 7) is 0. The summed E-state index contributed by atoms with van der Waals surface area (Å²) in [5.74, 6) is 0. The zero-order valence-corrected chi connectivity index (χ0v) is 11.1. The fraction of sp³-hybridized carbons (Fsp3) is 0. The Morgan fingerprint density at radius 3 is 0.417 bits per heavy atom. The molecule has 0 spiro atoms. The van der Waals surface area contributed by atoms with E-state index in [0.29, 0.717) is 0 Å². The minimum Gasteiger partial charge on any atom is -0.0682 e. The second kappa shape index (κ2) is 9.36. The molecule has 0 nitrogen and oxygen atoms in total. The van der Waals surface area contributed by atoms with Gasteiger partial charge in [0.25, 0.3) is 0 Å². The number of hydrogen-bond acceptors (Lipinski definition) is 0. The third-order valence-electron chi connectivity index (χ3n) is 0.286. The van der Waals surface area contributed by atoms with Crippen LogP contribution in [0.1, 0.15) is 0 Å². The minimum absolute atomic E-state index is 0.0988. The topological polar surface area (TPSA) is 0 Å². The fourth-order valence-corrected chi connectivity index (χ4v) is 0. The zero-order chi connectivity index (χ0) is 10.3. The van der Waals surface area contributed by atoms with Gasteiger partial charge in [-0.05, 0) is 0 Å². The summed E-state index contributed by atoms with van der Waals surface area (Å²) in [4.78, 5) is 0. The van der Waals surface area contributed by atoms with Crippen LogP contribution in [0.15, 0.2) is 18.0 Å². The maximum atomic E-state index is 4.99. The molecule has 72 valence electrons. The lowest BCUT2D eigenvalue weighted by molar-refractivity contribution is 2.25. The highest BCUT2D eigenvalue weighted by molar-refractivity contribution is 6.68. The second-order valence-electron chi connectivity index (χ2n) is 1.04. The van der Waals surface area contributed by atoms with E-state index in [9.17, 15) is 0 Å². The van der Waals surface area contributed by atoms with Crippen LogP contribution in [0.25, 0.3) is 0 Å². The SMILES string of the molecule is ClC(Cl)=C(Cl)Cl.ClC(Cl)=C(Cl)Cl. The van der Waals surface area contributed by atoms with Gasteiger partial charge in [-0.15, -0.1) is 0 Å². The van der Waals surface area contributed by atoms with Crippen LogP contribution in [0.3, 0.4) is 0 Å². The molecule has 0 bridgehead atoms. The van der Waals surface area contributed by atoms with Crippen molar-refractivity contribution < 1.29 is 0 Å². The summed E-state index contributed by atoms with van der Waals surface area (Å²) in [5.41, 5.74) is 0. The van der Waals surface area contributed by atoms with Crippen LogP contribution in [0.5, 0.6) is 0 Å². The molecule has 0 saturated heterocycles. The molecule has 0 radical (unpaired) electrons. The monoisotopic (exact) mass is 328 g/mol. The molecule has 0 aliphatic carbocycles. The Labute approximate surface area is 110 Å². The van der Waals surface area contributed by atoms with Gasteiger partial charge < -0.3 is 0 Å². The molecule has 0 heterocycles. The largest absolute Gasteiger partial charge is 0.136 e. The molecular formula is C4Cl8. The molecule has 0 unspecified atom stereocenters. The normalized spacial score (nSPS) is 8.00. The van der Waals surface area contributed by atoms with E-state index < -0.39 is 0 Å². The molecule has 0 aliphatic heterocycles. The van der Waals surface area contributed by atoms with Gasteiger partial charge in [0.2, 0.25) is 0 Å². The van der Waals surface area contributed by atoms with Crippen LogP contribution in [-0.2, 0) is 0 Å². The molecule has 0 aromatic rings. The van der Waals surface area contributed by atoms with Gasteiger partial charge in [-0.2, -0.15) is 0 Å². The zero-order valence-electron chi connectivity index (χ0n) is 5.02. The van der Waals surface area contributed by atoms with E-state index in [1.165, 1.54) is 0 Å². The van der Waals surface area contributed by atoms with Crippen molar-refractivity contribution in [2.45, 2.75) is 0 Å². The first-order valence-corrected chi connectivity index (χ1v) is 5.04. The smallest absolute Gasteiger partial charge is 0.0682 e. The van der Waals surface area contributed by atoms with Crippen molar-refractivity contribution in [3.05, 3.63) is 18.0 Å². The Kier molecular flexibility index (Phi) is 12.7. The molecule has 0 saturated carbocycles. The van der Waals surface area contributed by atoms with Gasteiger partial charge in [0.05, 0.1) is 0 Å². The molecule has 0 aromatic carbocycles. The van der Waals surface area contributed by atoms with Crippen LogP contribution in [0.2, 0.25) is 0 Å². The Morgan fingerprint density at radius 1 is 0.333 bits per heavy atom. The predicted molar refractivity (Wildman–Crippen MR) is 60.9 cm³/mol. The van der Waals surface area contributed by atoms with Crippen LogP contribution in [0.4, 0.5) is 0 Å². The molecule has 0 rings (SSSR count). The fourth-order valence-electron chi connectivity index (χ4n) is 0. The van der Waals surface area contributed by atoms with E-state index in [0.717, 1.165) is 0 Å². The average Bonchev–Trinajstić information content (AvgIpc) is 1.88. The van der Waals surface area contributed by atoms with Gasteiger partial charge in [-0.3, -0.25) is 0 Å². The molecule has 0 atom stereocenters. The number of hydrogen-bond donors (Lipinski definition) is 0. The molecule has 0 N–H and O–H groups in total. The van der Waals surface area contributed by atoms with Gasteiger partial charge in [0.15, 0.2) is 0 Å². The Bertz CT molecular complexity index is 133. The highest BCUT2D eigenvalue weighted by atomic mass is 35.5.